The van der Waals surface area contributed by atoms with Gasteiger partial charge in [0.25, 0.3) is 15.9 Å². The Kier molecular flexibility index (Phi) is 5.75. The highest BCUT2D eigenvalue weighted by Crippen LogP contribution is 2.34. The van der Waals surface area contributed by atoms with Gasteiger partial charge in [-0.15, -0.1) is 0 Å². The SMILES string of the molecule is CC1(C(=O)NS(=O)(=O)c2cccc(C#N)c2)CCN1C(=O)CC1CCCCC1. The average molecular weight is 404 g/mol. The van der Waals surface area contributed by atoms with E-state index in [0.717, 1.165) is 25.7 Å². The maximum atomic E-state index is 12.7. The lowest BCUT2D eigenvalue weighted by molar-refractivity contribution is -0.157. The van der Waals surface area contributed by atoms with E-state index in [0.29, 0.717) is 25.3 Å². The number of rotatable bonds is 5. The molecule has 150 valence electrons. The number of amides is 2. The Morgan fingerprint density at radius 1 is 1.29 bits per heavy atom. The van der Waals surface area contributed by atoms with E-state index in [1.807, 2.05) is 6.07 Å². The van der Waals surface area contributed by atoms with Gasteiger partial charge in [-0.1, -0.05) is 25.3 Å². The normalized spacial score (nSPS) is 22.8. The van der Waals surface area contributed by atoms with Crippen molar-refractivity contribution in [2.75, 3.05) is 6.54 Å². The second kappa shape index (κ2) is 7.92. The number of carbonyl (C=O) groups is 2. The van der Waals surface area contributed by atoms with Crippen LogP contribution in [0, 0.1) is 17.2 Å². The second-order valence-corrected chi connectivity index (χ2v) is 9.53. The molecule has 2 fully saturated rings. The van der Waals surface area contributed by atoms with Gasteiger partial charge in [-0.05, 0) is 50.3 Å². The van der Waals surface area contributed by atoms with Gasteiger partial charge in [0.05, 0.1) is 16.5 Å². The van der Waals surface area contributed by atoms with E-state index >= 15 is 0 Å². The van der Waals surface area contributed by atoms with Crippen LogP contribution in [0.4, 0.5) is 0 Å². The molecule has 7 nitrogen and oxygen atoms in total. The summed E-state index contributed by atoms with van der Waals surface area (Å²) in [5, 5.41) is 8.94. The quantitative estimate of drug-likeness (QED) is 0.812. The Hall–Kier alpha value is -2.40. The summed E-state index contributed by atoms with van der Waals surface area (Å²) in [5.74, 6) is -0.440. The van der Waals surface area contributed by atoms with Crippen LogP contribution in [0.25, 0.3) is 0 Å². The molecule has 1 N–H and O–H groups in total. The Morgan fingerprint density at radius 3 is 2.61 bits per heavy atom. The van der Waals surface area contributed by atoms with Crippen LogP contribution in [0.15, 0.2) is 29.2 Å². The van der Waals surface area contributed by atoms with Crippen molar-refractivity contribution in [1.82, 2.24) is 9.62 Å². The molecular weight excluding hydrogens is 378 g/mol. The summed E-state index contributed by atoms with van der Waals surface area (Å²) in [6.07, 6.45) is 6.38. The number of hydrogen-bond donors (Lipinski definition) is 1. The van der Waals surface area contributed by atoms with E-state index in [4.69, 9.17) is 5.26 Å². The van der Waals surface area contributed by atoms with Crippen LogP contribution in [0.3, 0.4) is 0 Å². The first-order valence-corrected chi connectivity index (χ1v) is 11.1. The molecule has 1 aliphatic carbocycles. The van der Waals surface area contributed by atoms with E-state index in [9.17, 15) is 18.0 Å². The first kappa shape index (κ1) is 20.3. The zero-order valence-corrected chi connectivity index (χ0v) is 16.8. The molecule has 0 radical (unpaired) electrons. The van der Waals surface area contributed by atoms with Gasteiger partial charge in [0.2, 0.25) is 5.91 Å². The lowest BCUT2D eigenvalue weighted by Gasteiger charge is -2.49. The number of benzene rings is 1. The number of nitriles is 1. The van der Waals surface area contributed by atoms with Crippen molar-refractivity contribution in [3.8, 4) is 6.07 Å². The molecule has 1 unspecified atom stereocenters. The Labute approximate surface area is 165 Å². The first-order chi connectivity index (χ1) is 13.3. The minimum Gasteiger partial charge on any atom is -0.328 e. The minimum atomic E-state index is -4.12. The zero-order chi connectivity index (χ0) is 20.4. The summed E-state index contributed by atoms with van der Waals surface area (Å²) in [6.45, 7) is 2.06. The molecule has 1 saturated heterocycles. The summed E-state index contributed by atoms with van der Waals surface area (Å²) in [5.41, 5.74) is -0.972. The van der Waals surface area contributed by atoms with Gasteiger partial charge in [0, 0.05) is 13.0 Å². The number of carbonyl (C=O) groups excluding carboxylic acids is 2. The fourth-order valence-corrected chi connectivity index (χ4v) is 5.09. The van der Waals surface area contributed by atoms with Gasteiger partial charge in [-0.3, -0.25) is 9.59 Å². The van der Waals surface area contributed by atoms with Gasteiger partial charge in [0.15, 0.2) is 0 Å². The molecule has 1 atom stereocenters. The molecule has 1 aliphatic heterocycles. The smallest absolute Gasteiger partial charge is 0.264 e. The highest BCUT2D eigenvalue weighted by Gasteiger charge is 2.50. The summed E-state index contributed by atoms with van der Waals surface area (Å²) in [7, 11) is -4.12. The fraction of sp³-hybridized carbons (Fsp3) is 0.550. The number of sulfonamides is 1. The lowest BCUT2D eigenvalue weighted by atomic mass is 9.82. The molecule has 3 rings (SSSR count). The molecule has 0 spiro atoms. The van der Waals surface area contributed by atoms with Gasteiger partial charge in [-0.25, -0.2) is 13.1 Å². The van der Waals surface area contributed by atoms with Crippen molar-refractivity contribution in [3.63, 3.8) is 0 Å². The molecule has 1 heterocycles. The number of likely N-dealkylation sites (tertiary alicyclic amines) is 1. The van der Waals surface area contributed by atoms with Crippen molar-refractivity contribution in [1.29, 1.82) is 5.26 Å². The van der Waals surface area contributed by atoms with Crippen LogP contribution in [-0.4, -0.2) is 37.2 Å². The molecule has 0 aromatic heterocycles. The third-order valence-electron chi connectivity index (χ3n) is 5.90. The first-order valence-electron chi connectivity index (χ1n) is 9.64. The summed E-state index contributed by atoms with van der Waals surface area (Å²) in [4.78, 5) is 26.8. The van der Waals surface area contributed by atoms with Crippen LogP contribution >= 0.6 is 0 Å². The van der Waals surface area contributed by atoms with Crippen molar-refractivity contribution >= 4 is 21.8 Å². The molecule has 1 saturated carbocycles. The highest BCUT2D eigenvalue weighted by molar-refractivity contribution is 7.90. The molecule has 0 bridgehead atoms. The second-order valence-electron chi connectivity index (χ2n) is 7.85. The van der Waals surface area contributed by atoms with Crippen LogP contribution in [-0.2, 0) is 19.6 Å². The Balaban J connectivity index is 1.68. The van der Waals surface area contributed by atoms with E-state index in [1.54, 1.807) is 6.92 Å². The van der Waals surface area contributed by atoms with E-state index in [1.165, 1.54) is 35.6 Å². The average Bonchev–Trinajstić information content (AvgIpc) is 2.66. The molecule has 2 amide bonds. The standard InChI is InChI=1S/C20H25N3O4S/c1-20(10-11-23(20)18(24)13-15-6-3-2-4-7-15)19(25)22-28(26,27)17-9-5-8-16(12-17)14-21/h5,8-9,12,15H,2-4,6-7,10-11,13H2,1H3,(H,22,25). The Bertz CT molecular complexity index is 916. The van der Waals surface area contributed by atoms with Crippen molar-refractivity contribution in [2.24, 2.45) is 5.92 Å². The molecule has 8 heteroatoms. The van der Waals surface area contributed by atoms with Crippen LogP contribution in [0.1, 0.15) is 57.4 Å². The molecule has 1 aromatic carbocycles. The maximum absolute atomic E-state index is 12.7. The van der Waals surface area contributed by atoms with Crippen LogP contribution < -0.4 is 4.72 Å². The van der Waals surface area contributed by atoms with Crippen molar-refractivity contribution in [3.05, 3.63) is 29.8 Å². The van der Waals surface area contributed by atoms with E-state index in [2.05, 4.69) is 4.72 Å². The Morgan fingerprint density at radius 2 is 2.00 bits per heavy atom. The topological polar surface area (TPSA) is 107 Å². The summed E-state index contributed by atoms with van der Waals surface area (Å²) in [6, 6.07) is 7.35. The van der Waals surface area contributed by atoms with Crippen molar-refractivity contribution in [2.45, 2.75) is 62.3 Å². The molecule has 2 aliphatic rings. The number of nitrogens with zero attached hydrogens (tertiary/aromatic N) is 2. The summed E-state index contributed by atoms with van der Waals surface area (Å²) >= 11 is 0. The third-order valence-corrected chi connectivity index (χ3v) is 7.23. The molecular formula is C20H25N3O4S. The highest BCUT2D eigenvalue weighted by atomic mass is 32.2. The van der Waals surface area contributed by atoms with Gasteiger partial charge in [-0.2, -0.15) is 5.26 Å². The maximum Gasteiger partial charge on any atom is 0.264 e. The van der Waals surface area contributed by atoms with Gasteiger partial charge < -0.3 is 4.90 Å². The van der Waals surface area contributed by atoms with Crippen LogP contribution in [0.5, 0.6) is 0 Å². The summed E-state index contributed by atoms with van der Waals surface area (Å²) < 4.78 is 27.2. The predicted octanol–water partition coefficient (Wildman–Crippen LogP) is 2.32. The molecule has 1 aromatic rings. The van der Waals surface area contributed by atoms with E-state index in [-0.39, 0.29) is 16.4 Å². The lowest BCUT2D eigenvalue weighted by Crippen LogP contribution is -2.68. The van der Waals surface area contributed by atoms with Gasteiger partial charge in [0.1, 0.15) is 5.54 Å². The predicted molar refractivity (Wildman–Crippen MR) is 102 cm³/mol. The minimum absolute atomic E-state index is 0.0836. The number of nitrogens with one attached hydrogen (secondary N) is 1. The van der Waals surface area contributed by atoms with Crippen molar-refractivity contribution < 1.29 is 18.0 Å². The zero-order valence-electron chi connectivity index (χ0n) is 16.0. The molecule has 28 heavy (non-hydrogen) atoms. The monoisotopic (exact) mass is 403 g/mol. The van der Waals surface area contributed by atoms with Gasteiger partial charge >= 0.3 is 0 Å². The number of hydrogen-bond acceptors (Lipinski definition) is 5. The largest absolute Gasteiger partial charge is 0.328 e. The van der Waals surface area contributed by atoms with Crippen LogP contribution in [0.2, 0.25) is 0 Å². The third kappa shape index (κ3) is 4.04. The fourth-order valence-electron chi connectivity index (χ4n) is 3.97. The van der Waals surface area contributed by atoms with E-state index < -0.39 is 21.5 Å².